The Labute approximate surface area is 134 Å². The summed E-state index contributed by atoms with van der Waals surface area (Å²) in [6.45, 7) is 4.28. The number of halogens is 1. The Kier molecular flexibility index (Phi) is 5.34. The maximum atomic E-state index is 12.0. The summed E-state index contributed by atoms with van der Waals surface area (Å²) in [7, 11) is 0. The highest BCUT2D eigenvalue weighted by molar-refractivity contribution is 9.10. The van der Waals surface area contributed by atoms with E-state index >= 15 is 0 Å². The Morgan fingerprint density at radius 1 is 1.05 bits per heavy atom. The van der Waals surface area contributed by atoms with Crippen LogP contribution in [0.25, 0.3) is 0 Å². The number of ketones is 1. The molecule has 0 spiro atoms. The SMILES string of the molecule is CC(C)c1ccc(C(=O)C=CNc2ccc(Br)cc2)cc1. The molecule has 0 unspecified atom stereocenters. The van der Waals surface area contributed by atoms with Gasteiger partial charge < -0.3 is 5.32 Å². The van der Waals surface area contributed by atoms with Crippen molar-refractivity contribution >= 4 is 27.4 Å². The Bertz CT molecular complexity index is 627. The largest absolute Gasteiger partial charge is 0.362 e. The van der Waals surface area contributed by atoms with Crippen molar-refractivity contribution in [3.8, 4) is 0 Å². The van der Waals surface area contributed by atoms with Crippen LogP contribution >= 0.6 is 15.9 Å². The second-order valence-corrected chi connectivity index (χ2v) is 6.04. The highest BCUT2D eigenvalue weighted by atomic mass is 79.9. The van der Waals surface area contributed by atoms with Crippen molar-refractivity contribution < 1.29 is 4.79 Å². The van der Waals surface area contributed by atoms with Gasteiger partial charge >= 0.3 is 0 Å². The van der Waals surface area contributed by atoms with E-state index in [1.807, 2.05) is 48.5 Å². The van der Waals surface area contributed by atoms with E-state index in [1.165, 1.54) is 5.56 Å². The summed E-state index contributed by atoms with van der Waals surface area (Å²) >= 11 is 3.38. The summed E-state index contributed by atoms with van der Waals surface area (Å²) in [6, 6.07) is 15.5. The molecular formula is C18H18BrNO. The van der Waals surface area contributed by atoms with Crippen LogP contribution in [0.3, 0.4) is 0 Å². The maximum Gasteiger partial charge on any atom is 0.187 e. The van der Waals surface area contributed by atoms with Gasteiger partial charge in [0.25, 0.3) is 0 Å². The predicted molar refractivity (Wildman–Crippen MR) is 91.8 cm³/mol. The molecule has 2 nitrogen and oxygen atoms in total. The number of nitrogens with one attached hydrogen (secondary N) is 1. The van der Waals surface area contributed by atoms with Crippen LogP contribution in [0.4, 0.5) is 5.69 Å². The first-order chi connectivity index (χ1) is 10.1. The van der Waals surface area contributed by atoms with Crippen LogP contribution < -0.4 is 5.32 Å². The van der Waals surface area contributed by atoms with Crippen LogP contribution in [-0.4, -0.2) is 5.78 Å². The summed E-state index contributed by atoms with van der Waals surface area (Å²) in [6.07, 6.45) is 3.22. The molecule has 108 valence electrons. The summed E-state index contributed by atoms with van der Waals surface area (Å²) < 4.78 is 1.03. The molecule has 3 heteroatoms. The lowest BCUT2D eigenvalue weighted by Gasteiger charge is -2.05. The summed E-state index contributed by atoms with van der Waals surface area (Å²) in [5.41, 5.74) is 2.88. The average molecular weight is 344 g/mol. The Morgan fingerprint density at radius 2 is 1.67 bits per heavy atom. The standard InChI is InChI=1S/C18H18BrNO/c1-13(2)14-3-5-15(6-4-14)18(21)11-12-20-17-9-7-16(19)8-10-17/h3-13,20H,1-2H3. The van der Waals surface area contributed by atoms with Crippen molar-refractivity contribution in [2.75, 3.05) is 5.32 Å². The molecule has 0 amide bonds. The molecule has 1 N–H and O–H groups in total. The minimum atomic E-state index is -0.00471. The van der Waals surface area contributed by atoms with Gasteiger partial charge in [-0.15, -0.1) is 0 Å². The van der Waals surface area contributed by atoms with Gasteiger partial charge in [-0.3, -0.25) is 4.79 Å². The molecule has 0 saturated carbocycles. The van der Waals surface area contributed by atoms with Crippen molar-refractivity contribution in [1.82, 2.24) is 0 Å². The zero-order valence-electron chi connectivity index (χ0n) is 12.1. The monoisotopic (exact) mass is 343 g/mol. The topological polar surface area (TPSA) is 29.1 Å². The van der Waals surface area contributed by atoms with Crippen molar-refractivity contribution in [1.29, 1.82) is 0 Å². The van der Waals surface area contributed by atoms with E-state index in [1.54, 1.807) is 12.3 Å². The van der Waals surface area contributed by atoms with Crippen LogP contribution in [0.2, 0.25) is 0 Å². The van der Waals surface area contributed by atoms with E-state index in [2.05, 4.69) is 35.1 Å². The lowest BCUT2D eigenvalue weighted by Crippen LogP contribution is -1.97. The third-order valence-electron chi connectivity index (χ3n) is 3.19. The number of hydrogen-bond donors (Lipinski definition) is 1. The lowest BCUT2D eigenvalue weighted by atomic mass is 10.0. The van der Waals surface area contributed by atoms with Gasteiger partial charge in [0.2, 0.25) is 0 Å². The normalized spacial score (nSPS) is 11.0. The van der Waals surface area contributed by atoms with E-state index in [4.69, 9.17) is 0 Å². The van der Waals surface area contributed by atoms with Crippen molar-refractivity contribution in [2.45, 2.75) is 19.8 Å². The minimum absolute atomic E-state index is 0.00471. The van der Waals surface area contributed by atoms with E-state index < -0.39 is 0 Å². The van der Waals surface area contributed by atoms with Crippen molar-refractivity contribution in [3.05, 3.63) is 76.4 Å². The molecule has 2 aromatic rings. The number of rotatable bonds is 5. The van der Waals surface area contributed by atoms with Crippen molar-refractivity contribution in [2.24, 2.45) is 0 Å². The predicted octanol–water partition coefficient (Wildman–Crippen LogP) is 5.38. The Balaban J connectivity index is 1.97. The smallest absolute Gasteiger partial charge is 0.187 e. The number of carbonyl (C=O) groups is 1. The number of anilines is 1. The van der Waals surface area contributed by atoms with Crippen molar-refractivity contribution in [3.63, 3.8) is 0 Å². The van der Waals surface area contributed by atoms with Crippen LogP contribution in [-0.2, 0) is 0 Å². The second-order valence-electron chi connectivity index (χ2n) is 5.13. The van der Waals surface area contributed by atoms with Crippen LogP contribution in [0.15, 0.2) is 65.3 Å². The van der Waals surface area contributed by atoms with Gasteiger partial charge in [-0.2, -0.15) is 0 Å². The first-order valence-corrected chi connectivity index (χ1v) is 7.68. The van der Waals surface area contributed by atoms with E-state index in [9.17, 15) is 4.79 Å². The van der Waals surface area contributed by atoms with E-state index in [0.29, 0.717) is 11.5 Å². The van der Waals surface area contributed by atoms with E-state index in [0.717, 1.165) is 10.2 Å². The molecule has 2 rings (SSSR count). The maximum absolute atomic E-state index is 12.0. The molecule has 0 heterocycles. The van der Waals surface area contributed by atoms with Crippen LogP contribution in [0.5, 0.6) is 0 Å². The Morgan fingerprint density at radius 3 is 2.24 bits per heavy atom. The molecule has 0 aliphatic carbocycles. The fraction of sp³-hybridized carbons (Fsp3) is 0.167. The molecule has 2 aromatic carbocycles. The molecule has 0 fully saturated rings. The second kappa shape index (κ2) is 7.23. The van der Waals surface area contributed by atoms with E-state index in [-0.39, 0.29) is 5.78 Å². The molecule has 0 saturated heterocycles. The average Bonchev–Trinajstić information content (AvgIpc) is 2.49. The number of benzene rings is 2. The van der Waals surface area contributed by atoms with Gasteiger partial charge in [0.15, 0.2) is 5.78 Å². The van der Waals surface area contributed by atoms with Crippen LogP contribution in [0.1, 0.15) is 35.7 Å². The highest BCUT2D eigenvalue weighted by Crippen LogP contribution is 2.16. The molecule has 0 radical (unpaired) electrons. The quantitative estimate of drug-likeness (QED) is 0.583. The highest BCUT2D eigenvalue weighted by Gasteiger charge is 2.03. The molecule has 0 bridgehead atoms. The number of hydrogen-bond acceptors (Lipinski definition) is 2. The molecule has 0 atom stereocenters. The van der Waals surface area contributed by atoms with Gasteiger partial charge in [-0.05, 0) is 35.7 Å². The molecular weight excluding hydrogens is 326 g/mol. The number of allylic oxidation sites excluding steroid dienone is 1. The summed E-state index contributed by atoms with van der Waals surface area (Å²) in [4.78, 5) is 12.0. The fourth-order valence-corrected chi connectivity index (χ4v) is 2.15. The fourth-order valence-electron chi connectivity index (χ4n) is 1.89. The number of carbonyl (C=O) groups excluding carboxylic acids is 1. The molecule has 0 aliphatic rings. The third-order valence-corrected chi connectivity index (χ3v) is 3.72. The van der Waals surface area contributed by atoms with Gasteiger partial charge in [-0.25, -0.2) is 0 Å². The molecule has 0 aromatic heterocycles. The zero-order valence-corrected chi connectivity index (χ0v) is 13.7. The lowest BCUT2D eigenvalue weighted by molar-refractivity contribution is 0.104. The first-order valence-electron chi connectivity index (χ1n) is 6.89. The summed E-state index contributed by atoms with van der Waals surface area (Å²) in [5.74, 6) is 0.471. The molecule has 21 heavy (non-hydrogen) atoms. The van der Waals surface area contributed by atoms with Crippen LogP contribution in [0, 0.1) is 0 Å². The van der Waals surface area contributed by atoms with Gasteiger partial charge in [0, 0.05) is 28.0 Å². The third kappa shape index (κ3) is 4.57. The minimum Gasteiger partial charge on any atom is -0.362 e. The van der Waals surface area contributed by atoms with Gasteiger partial charge in [0.1, 0.15) is 0 Å². The Hall–Kier alpha value is -1.87. The first kappa shape index (κ1) is 15.5. The zero-order chi connectivity index (χ0) is 15.2. The van der Waals surface area contributed by atoms with Gasteiger partial charge in [0.05, 0.1) is 0 Å². The van der Waals surface area contributed by atoms with Gasteiger partial charge in [-0.1, -0.05) is 54.0 Å². The molecule has 0 aliphatic heterocycles. The summed E-state index contributed by atoms with van der Waals surface area (Å²) in [5, 5.41) is 3.08.